The van der Waals surface area contributed by atoms with Crippen LogP contribution in [-0.2, 0) is 56.9 Å². The fraction of sp³-hybridized carbons (Fsp3) is 0.563. The van der Waals surface area contributed by atoms with E-state index in [-0.39, 0.29) is 97.3 Å². The minimum Gasteiger partial charge on any atom is -0.481 e. The first-order chi connectivity index (χ1) is 51.8. The number of methoxy groups -OCH3 is 1. The summed E-state index contributed by atoms with van der Waals surface area (Å²) in [5.41, 5.74) is 6.74. The quantitative estimate of drug-likeness (QED) is 0.0477. The SMILES string of the molecule is CCC1CCC(C2CC=C(B3OC(C)(C)C(C)(C)O3)CC2)CC1.CCC1CCC(C2CC=C(c3cnc(-c4ccc(C[C@H](NC(=O)c5ccc(C(C)(C)C)s5)C(=O)N5CC(C(=O)O)C5)cc4)nc3)CC2)CC1.COC(=O)C1CN(C(=O)[C@H](Cc2ccc(-c3ncc(Br)cn3)cc2)NC(=O)c2ccc(C(C)(C)C)s2)C1. The van der Waals surface area contributed by atoms with Crippen molar-refractivity contribution in [3.63, 3.8) is 0 Å². The second kappa shape index (κ2) is 36.1. The highest BCUT2D eigenvalue weighted by molar-refractivity contribution is 9.10. The van der Waals surface area contributed by atoms with E-state index in [1.807, 2.05) is 73.1 Å². The molecule has 584 valence electrons. The Balaban J connectivity index is 0.000000173. The molecule has 6 aromatic rings. The van der Waals surface area contributed by atoms with Gasteiger partial charge in [0.15, 0.2) is 11.6 Å². The van der Waals surface area contributed by atoms with Gasteiger partial charge in [0, 0.05) is 90.3 Å². The maximum atomic E-state index is 13.5. The molecule has 2 aromatic carbocycles. The number of carbonyl (C=O) groups is 6. The minimum absolute atomic E-state index is 0.0702. The van der Waals surface area contributed by atoms with Gasteiger partial charge in [0.05, 0.1) is 44.4 Å². The zero-order chi connectivity index (χ0) is 78.1. The fourth-order valence-electron chi connectivity index (χ4n) is 16.2. The molecule has 5 fully saturated rings. The summed E-state index contributed by atoms with van der Waals surface area (Å²) < 4.78 is 18.0. The average molecular weight is 1590 g/mol. The number of carboxylic acids is 1. The molecule has 18 nitrogen and oxygen atoms in total. The van der Waals surface area contributed by atoms with Crippen LogP contribution in [0.5, 0.6) is 0 Å². The highest BCUT2D eigenvalue weighted by Crippen LogP contribution is 2.46. The number of thiophene rings is 2. The second-order valence-electron chi connectivity index (χ2n) is 34.5. The predicted octanol–water partition coefficient (Wildman–Crippen LogP) is 17.6. The Labute approximate surface area is 662 Å². The highest BCUT2D eigenvalue weighted by Gasteiger charge is 2.53. The van der Waals surface area contributed by atoms with E-state index >= 15 is 0 Å². The van der Waals surface area contributed by atoms with Gasteiger partial charge >= 0.3 is 19.1 Å². The molecule has 2 unspecified atom stereocenters. The average Bonchev–Trinajstić information content (AvgIpc) is 1.63. The van der Waals surface area contributed by atoms with Crippen molar-refractivity contribution in [2.45, 2.75) is 233 Å². The number of amides is 4. The number of aliphatic carboxylic acids is 1. The number of ether oxygens (including phenoxy) is 1. The minimum atomic E-state index is -0.910. The number of benzene rings is 2. The van der Waals surface area contributed by atoms with Crippen LogP contribution in [0.25, 0.3) is 28.3 Å². The lowest BCUT2D eigenvalue weighted by Gasteiger charge is -2.39. The second-order valence-corrected chi connectivity index (χ2v) is 37.6. The van der Waals surface area contributed by atoms with Crippen molar-refractivity contribution >= 4 is 86.9 Å². The van der Waals surface area contributed by atoms with Crippen LogP contribution in [0, 0.1) is 47.3 Å². The Morgan fingerprint density at radius 3 is 1.34 bits per heavy atom. The number of aromatic nitrogens is 4. The third kappa shape index (κ3) is 21.1. The predicted molar refractivity (Wildman–Crippen MR) is 437 cm³/mol. The van der Waals surface area contributed by atoms with E-state index in [4.69, 9.17) is 24.0 Å². The molecular formula is C87H114BBrN8O10S2. The summed E-state index contributed by atoms with van der Waals surface area (Å²) in [4.78, 5) is 101. The van der Waals surface area contributed by atoms with Gasteiger partial charge < -0.3 is 39.6 Å². The van der Waals surface area contributed by atoms with Crippen molar-refractivity contribution < 1.29 is 47.9 Å². The van der Waals surface area contributed by atoms with E-state index in [2.05, 4.69) is 132 Å². The Hall–Kier alpha value is -7.24. The van der Waals surface area contributed by atoms with Gasteiger partial charge in [-0.15, -0.1) is 22.7 Å². The molecule has 4 aromatic heterocycles. The molecule has 3 N–H and O–H groups in total. The standard InChI is InChI=1S/C40H50N4O4S.C27H29BrN4O4S.C20H35BO2/c1-5-25-6-10-27(11-7-25)28-14-16-29(17-15-28)31-21-41-36(42-22-31)30-12-8-26(9-13-30)20-33(38(46)44-23-32(24-44)39(47)48)43-37(45)34-18-19-35(49-34)40(2,3)4;1-27(2,3)22-10-9-21(37-22)24(33)31-20(25(34)32-14-18(15-32)26(35)36-4)11-16-5-7-17(8-6-16)23-29-12-19(28)13-30-23;1-6-15-7-9-16(10-8-15)17-11-13-18(14-12-17)21-22-19(2,3)20(4,5)23-21/h8-9,12-13,16,18-19,21-22,25,27-28,32-33H,5-7,10-11,14-15,17,20,23-24H2,1-4H3,(H,43,45)(H,47,48);5-10,12-13,18,20H,11,14-15H2,1-4H3,(H,31,33);13,15-17H,6-12,14H2,1-5H3/t25?,27?,28?,33-;20-;/m00./s1. The third-order valence-electron chi connectivity index (χ3n) is 24.3. The number of nitrogens with one attached hydrogen (secondary N) is 2. The van der Waals surface area contributed by atoms with Gasteiger partial charge in [-0.2, -0.15) is 0 Å². The van der Waals surface area contributed by atoms with Crippen LogP contribution in [0.2, 0.25) is 0 Å². The molecule has 7 aliphatic rings. The normalized spacial score (nSPS) is 22.7. The summed E-state index contributed by atoms with van der Waals surface area (Å²) in [6.45, 7) is 26.7. The molecule has 22 heteroatoms. The lowest BCUT2D eigenvalue weighted by Crippen LogP contribution is -2.59. The number of halogens is 1. The molecule has 7 heterocycles. The van der Waals surface area contributed by atoms with Crippen molar-refractivity contribution in [2.24, 2.45) is 47.3 Å². The Bertz CT molecular complexity index is 4160. The first-order valence-electron chi connectivity index (χ1n) is 39.8. The molecule has 2 saturated carbocycles. The van der Waals surface area contributed by atoms with Gasteiger partial charge in [-0.3, -0.25) is 28.8 Å². The van der Waals surface area contributed by atoms with Crippen LogP contribution in [0.3, 0.4) is 0 Å². The van der Waals surface area contributed by atoms with Crippen molar-refractivity contribution in [1.29, 1.82) is 0 Å². The van der Waals surface area contributed by atoms with Gasteiger partial charge in [-0.25, -0.2) is 19.9 Å². The summed E-state index contributed by atoms with van der Waals surface area (Å²) in [5, 5.41) is 15.2. The van der Waals surface area contributed by atoms with Crippen LogP contribution in [-0.4, -0.2) is 134 Å². The van der Waals surface area contributed by atoms with E-state index in [9.17, 15) is 33.9 Å². The Morgan fingerprint density at radius 1 is 0.560 bits per heavy atom. The van der Waals surface area contributed by atoms with Crippen LogP contribution in [0.1, 0.15) is 232 Å². The van der Waals surface area contributed by atoms with Crippen LogP contribution in [0.4, 0.5) is 0 Å². The van der Waals surface area contributed by atoms with E-state index in [0.29, 0.717) is 27.8 Å². The first-order valence-corrected chi connectivity index (χ1v) is 42.2. The summed E-state index contributed by atoms with van der Waals surface area (Å²) in [6.07, 6.45) is 34.1. The largest absolute Gasteiger partial charge is 0.490 e. The summed E-state index contributed by atoms with van der Waals surface area (Å²) in [7, 11) is 1.22. The number of esters is 1. The number of carbonyl (C=O) groups excluding carboxylic acids is 5. The number of likely N-dealkylation sites (tertiary alicyclic amines) is 2. The lowest BCUT2D eigenvalue weighted by atomic mass is 9.66. The molecule has 4 aliphatic carbocycles. The van der Waals surface area contributed by atoms with Crippen LogP contribution < -0.4 is 10.6 Å². The Morgan fingerprint density at radius 2 is 0.972 bits per heavy atom. The van der Waals surface area contributed by atoms with Gasteiger partial charge in [-0.05, 0) is 201 Å². The molecule has 3 saturated heterocycles. The van der Waals surface area contributed by atoms with Crippen LogP contribution >= 0.6 is 38.6 Å². The number of allylic oxidation sites excluding steroid dienone is 4. The van der Waals surface area contributed by atoms with E-state index in [1.165, 1.54) is 129 Å². The lowest BCUT2D eigenvalue weighted by molar-refractivity contribution is -0.157. The van der Waals surface area contributed by atoms with Gasteiger partial charge in [0.1, 0.15) is 12.1 Å². The zero-order valence-electron chi connectivity index (χ0n) is 66.3. The topological polar surface area (TPSA) is 232 Å². The smallest absolute Gasteiger partial charge is 0.481 e. The van der Waals surface area contributed by atoms with Crippen molar-refractivity contribution in [3.8, 4) is 22.8 Å². The van der Waals surface area contributed by atoms with E-state index in [1.54, 1.807) is 29.4 Å². The van der Waals surface area contributed by atoms with Crippen LogP contribution in [0.15, 0.2) is 120 Å². The molecule has 109 heavy (non-hydrogen) atoms. The molecule has 4 atom stereocenters. The number of rotatable bonds is 20. The van der Waals surface area contributed by atoms with Crippen molar-refractivity contribution in [3.05, 3.63) is 156 Å². The van der Waals surface area contributed by atoms with Crippen molar-refractivity contribution in [1.82, 2.24) is 40.4 Å². The number of hydrogen-bond acceptors (Lipinski definition) is 15. The molecule has 4 amide bonds. The fourth-order valence-corrected chi connectivity index (χ4v) is 18.3. The molecular weight excluding hydrogens is 1470 g/mol. The van der Waals surface area contributed by atoms with Gasteiger partial charge in [0.25, 0.3) is 11.8 Å². The Kier molecular flexibility index (Phi) is 27.4. The summed E-state index contributed by atoms with van der Waals surface area (Å²) >= 11 is 6.19. The van der Waals surface area contributed by atoms with E-state index in [0.717, 1.165) is 96.8 Å². The molecule has 0 bridgehead atoms. The summed E-state index contributed by atoms with van der Waals surface area (Å²) in [6, 6.07) is 21.3. The van der Waals surface area contributed by atoms with E-state index < -0.39 is 24.0 Å². The monoisotopic (exact) mass is 1580 g/mol. The third-order valence-corrected chi connectivity index (χ3v) is 27.8. The maximum absolute atomic E-state index is 13.5. The molecule has 3 aliphatic heterocycles. The summed E-state index contributed by atoms with van der Waals surface area (Å²) in [5.74, 6) is 3.53. The number of nitrogens with zero attached hydrogens (tertiary/aromatic N) is 6. The first kappa shape index (κ1) is 82.7. The maximum Gasteiger partial charge on any atom is 0.490 e. The molecule has 0 radical (unpaired) electrons. The highest BCUT2D eigenvalue weighted by atomic mass is 79.9. The van der Waals surface area contributed by atoms with Crippen molar-refractivity contribution in [2.75, 3.05) is 33.3 Å². The number of hydrogen-bond donors (Lipinski definition) is 3. The van der Waals surface area contributed by atoms with Gasteiger partial charge in [0.2, 0.25) is 11.8 Å². The number of carboxylic acid groups (broad SMARTS) is 1. The molecule has 13 rings (SSSR count). The van der Waals surface area contributed by atoms with Gasteiger partial charge in [-0.1, -0.05) is 155 Å². The molecule has 0 spiro atoms. The zero-order valence-corrected chi connectivity index (χ0v) is 69.5.